The van der Waals surface area contributed by atoms with E-state index in [2.05, 4.69) is 39.2 Å². The number of anilines is 1. The van der Waals surface area contributed by atoms with Crippen molar-refractivity contribution in [3.05, 3.63) is 18.2 Å². The van der Waals surface area contributed by atoms with Crippen LogP contribution in [0.2, 0.25) is 0 Å². The van der Waals surface area contributed by atoms with Gasteiger partial charge in [0.2, 0.25) is 5.88 Å². The average molecular weight is 262 g/mol. The molecule has 0 aliphatic carbocycles. The summed E-state index contributed by atoms with van der Waals surface area (Å²) in [6.07, 6.45) is 3.05. The number of aryl methyl sites for hydroxylation is 1. The molecule has 2 rings (SSSR count). The molecule has 0 spiro atoms. The number of ether oxygens (including phenoxy) is 1. The molecule has 0 atom stereocenters. The van der Waals surface area contributed by atoms with Gasteiger partial charge in [-0.1, -0.05) is 13.8 Å². The van der Waals surface area contributed by atoms with E-state index in [4.69, 9.17) is 4.74 Å². The monoisotopic (exact) mass is 262 g/mol. The first-order valence-corrected chi connectivity index (χ1v) is 6.24. The summed E-state index contributed by atoms with van der Waals surface area (Å²) in [5, 5.41) is 7.30. The van der Waals surface area contributed by atoms with Crippen molar-refractivity contribution in [2.75, 3.05) is 11.9 Å². The molecule has 0 unspecified atom stereocenters. The summed E-state index contributed by atoms with van der Waals surface area (Å²) in [7, 11) is 1.78. The van der Waals surface area contributed by atoms with Crippen molar-refractivity contribution in [3.63, 3.8) is 0 Å². The van der Waals surface area contributed by atoms with Gasteiger partial charge in [0.1, 0.15) is 18.5 Å². The number of aromatic nitrogens is 5. The molecule has 2 heterocycles. The van der Waals surface area contributed by atoms with Crippen molar-refractivity contribution in [1.29, 1.82) is 0 Å². The molecule has 19 heavy (non-hydrogen) atoms. The molecule has 0 aliphatic heterocycles. The molecule has 0 fully saturated rings. The highest BCUT2D eigenvalue weighted by atomic mass is 16.5. The molecule has 2 aromatic rings. The number of hydrogen-bond donors (Lipinski definition) is 1. The molecule has 0 radical (unpaired) electrons. The maximum atomic E-state index is 5.64. The molecule has 0 saturated heterocycles. The molecule has 2 aromatic heterocycles. The fourth-order valence-electron chi connectivity index (χ4n) is 1.74. The van der Waals surface area contributed by atoms with Gasteiger partial charge in [-0.25, -0.2) is 9.97 Å². The van der Waals surface area contributed by atoms with Crippen LogP contribution in [0, 0.1) is 0 Å². The van der Waals surface area contributed by atoms with Crippen molar-refractivity contribution in [2.45, 2.75) is 26.7 Å². The lowest BCUT2D eigenvalue weighted by molar-refractivity contribution is 0.414. The molecule has 7 nitrogen and oxygen atoms in total. The third-order valence-corrected chi connectivity index (χ3v) is 2.54. The van der Waals surface area contributed by atoms with Crippen LogP contribution < -0.4 is 10.1 Å². The van der Waals surface area contributed by atoms with Crippen LogP contribution in [-0.2, 0) is 7.05 Å². The Bertz CT molecular complexity index is 551. The lowest BCUT2D eigenvalue weighted by Gasteiger charge is -2.15. The number of hydrogen-bond acceptors (Lipinski definition) is 6. The van der Waals surface area contributed by atoms with E-state index in [-0.39, 0.29) is 11.9 Å². The summed E-state index contributed by atoms with van der Waals surface area (Å²) >= 11 is 0. The highest BCUT2D eigenvalue weighted by molar-refractivity contribution is 5.50. The van der Waals surface area contributed by atoms with Crippen molar-refractivity contribution in [1.82, 2.24) is 24.7 Å². The van der Waals surface area contributed by atoms with Crippen LogP contribution in [-0.4, -0.2) is 31.3 Å². The van der Waals surface area contributed by atoms with Gasteiger partial charge in [-0.05, 0) is 12.8 Å². The third-order valence-electron chi connectivity index (χ3n) is 2.54. The van der Waals surface area contributed by atoms with E-state index in [9.17, 15) is 0 Å². The summed E-state index contributed by atoms with van der Waals surface area (Å²) in [4.78, 5) is 12.5. The predicted octanol–water partition coefficient (Wildman–Crippen LogP) is 1.95. The Morgan fingerprint density at radius 2 is 2.11 bits per heavy atom. The normalized spacial score (nSPS) is 10.8. The standard InChI is InChI=1S/C12H18N6O/c1-5-13-10-9(8(2)3)11(15-6-14-10)19-12-16-7-18(4)17-12/h6-8H,5H2,1-4H3,(H,13,14,15). The van der Waals surface area contributed by atoms with E-state index in [1.165, 1.54) is 6.33 Å². The lowest BCUT2D eigenvalue weighted by atomic mass is 10.1. The van der Waals surface area contributed by atoms with Crippen molar-refractivity contribution >= 4 is 5.82 Å². The summed E-state index contributed by atoms with van der Waals surface area (Å²) in [6, 6.07) is 0.283. The van der Waals surface area contributed by atoms with Gasteiger partial charge in [0.05, 0.1) is 5.56 Å². The van der Waals surface area contributed by atoms with Crippen LogP contribution in [0.5, 0.6) is 11.9 Å². The first-order chi connectivity index (χ1) is 9.11. The molecule has 0 saturated carbocycles. The number of rotatable bonds is 5. The van der Waals surface area contributed by atoms with Crippen LogP contribution in [0.25, 0.3) is 0 Å². The zero-order valence-corrected chi connectivity index (χ0v) is 11.6. The van der Waals surface area contributed by atoms with E-state index < -0.39 is 0 Å². The summed E-state index contributed by atoms with van der Waals surface area (Å²) in [5.41, 5.74) is 0.928. The molecular weight excluding hydrogens is 244 g/mol. The Labute approximate surface area is 112 Å². The zero-order valence-electron chi connectivity index (χ0n) is 11.6. The maximum Gasteiger partial charge on any atom is 0.342 e. The van der Waals surface area contributed by atoms with Gasteiger partial charge >= 0.3 is 6.01 Å². The molecule has 1 N–H and O–H groups in total. The fraction of sp³-hybridized carbons (Fsp3) is 0.500. The molecule has 0 aliphatic rings. The highest BCUT2D eigenvalue weighted by Crippen LogP contribution is 2.31. The molecular formula is C12H18N6O. The minimum Gasteiger partial charge on any atom is -0.404 e. The smallest absolute Gasteiger partial charge is 0.342 e. The maximum absolute atomic E-state index is 5.64. The van der Waals surface area contributed by atoms with Crippen molar-refractivity contribution < 1.29 is 4.74 Å². The van der Waals surface area contributed by atoms with Gasteiger partial charge < -0.3 is 10.1 Å². The van der Waals surface area contributed by atoms with Crippen LogP contribution >= 0.6 is 0 Å². The Balaban J connectivity index is 2.35. The van der Waals surface area contributed by atoms with Gasteiger partial charge in [-0.2, -0.15) is 4.98 Å². The van der Waals surface area contributed by atoms with Crippen LogP contribution in [0.1, 0.15) is 32.3 Å². The van der Waals surface area contributed by atoms with E-state index in [1.54, 1.807) is 18.1 Å². The zero-order chi connectivity index (χ0) is 13.8. The molecule has 7 heteroatoms. The van der Waals surface area contributed by atoms with Gasteiger partial charge in [-0.3, -0.25) is 4.68 Å². The van der Waals surface area contributed by atoms with E-state index in [0.717, 1.165) is 17.9 Å². The topological polar surface area (TPSA) is 77.8 Å². The van der Waals surface area contributed by atoms with Crippen molar-refractivity contribution in [3.8, 4) is 11.9 Å². The SMILES string of the molecule is CCNc1ncnc(Oc2ncn(C)n2)c1C(C)C. The van der Waals surface area contributed by atoms with E-state index >= 15 is 0 Å². The quantitative estimate of drug-likeness (QED) is 0.887. The second kappa shape index (κ2) is 5.64. The highest BCUT2D eigenvalue weighted by Gasteiger charge is 2.17. The summed E-state index contributed by atoms with van der Waals surface area (Å²) in [6.45, 7) is 6.95. The van der Waals surface area contributed by atoms with E-state index in [1.807, 2.05) is 6.92 Å². The van der Waals surface area contributed by atoms with Gasteiger partial charge in [0, 0.05) is 13.6 Å². The second-order valence-corrected chi connectivity index (χ2v) is 4.43. The first-order valence-electron chi connectivity index (χ1n) is 6.24. The Kier molecular flexibility index (Phi) is 3.94. The molecule has 0 aromatic carbocycles. The van der Waals surface area contributed by atoms with Gasteiger partial charge in [-0.15, -0.1) is 5.10 Å². The minimum atomic E-state index is 0.231. The summed E-state index contributed by atoms with van der Waals surface area (Å²) < 4.78 is 7.22. The lowest BCUT2D eigenvalue weighted by Crippen LogP contribution is -2.07. The van der Waals surface area contributed by atoms with Gasteiger partial charge in [0.15, 0.2) is 0 Å². The van der Waals surface area contributed by atoms with E-state index in [0.29, 0.717) is 5.88 Å². The van der Waals surface area contributed by atoms with Crippen LogP contribution in [0.3, 0.4) is 0 Å². The van der Waals surface area contributed by atoms with Crippen molar-refractivity contribution in [2.24, 2.45) is 7.05 Å². The molecule has 0 amide bonds. The number of nitrogens with one attached hydrogen (secondary N) is 1. The first kappa shape index (κ1) is 13.3. The van der Waals surface area contributed by atoms with Crippen LogP contribution in [0.4, 0.5) is 5.82 Å². The minimum absolute atomic E-state index is 0.231. The molecule has 102 valence electrons. The Morgan fingerprint density at radius 1 is 1.32 bits per heavy atom. The van der Waals surface area contributed by atoms with Gasteiger partial charge in [0.25, 0.3) is 0 Å². The Hall–Kier alpha value is -2.18. The average Bonchev–Trinajstić information content (AvgIpc) is 2.75. The number of nitrogens with zero attached hydrogens (tertiary/aromatic N) is 5. The summed E-state index contributed by atoms with van der Waals surface area (Å²) in [5.74, 6) is 1.51. The molecule has 0 bridgehead atoms. The third kappa shape index (κ3) is 2.98. The largest absolute Gasteiger partial charge is 0.404 e. The predicted molar refractivity (Wildman–Crippen MR) is 71.4 cm³/mol. The fourth-order valence-corrected chi connectivity index (χ4v) is 1.74. The second-order valence-electron chi connectivity index (χ2n) is 4.43. The van der Waals surface area contributed by atoms with Crippen LogP contribution in [0.15, 0.2) is 12.7 Å². The Morgan fingerprint density at radius 3 is 2.68 bits per heavy atom.